The zero-order chi connectivity index (χ0) is 13.5. The maximum absolute atomic E-state index is 11.3. The molecule has 0 unspecified atom stereocenters. The van der Waals surface area contributed by atoms with Gasteiger partial charge in [0.15, 0.2) is 0 Å². The number of hydrogen-bond acceptors (Lipinski definition) is 4. The van der Waals surface area contributed by atoms with Gasteiger partial charge in [0.1, 0.15) is 0 Å². The molecule has 0 radical (unpaired) electrons. The molecule has 1 aromatic carbocycles. The van der Waals surface area contributed by atoms with Crippen molar-refractivity contribution in [1.82, 2.24) is 10.6 Å². The van der Waals surface area contributed by atoms with Gasteiger partial charge in [-0.3, -0.25) is 10.1 Å². The number of rotatable bonds is 4. The molecule has 0 bridgehead atoms. The molecule has 0 heterocycles. The van der Waals surface area contributed by atoms with Gasteiger partial charge >= 0.3 is 6.09 Å². The van der Waals surface area contributed by atoms with Crippen LogP contribution in [-0.4, -0.2) is 25.7 Å². The van der Waals surface area contributed by atoms with Gasteiger partial charge in [0.2, 0.25) is 5.91 Å². The molecule has 18 heavy (non-hydrogen) atoms. The molecule has 5 nitrogen and oxygen atoms in total. The van der Waals surface area contributed by atoms with Gasteiger partial charge in [0, 0.05) is 11.1 Å². The van der Waals surface area contributed by atoms with Crippen molar-refractivity contribution in [2.75, 3.05) is 13.7 Å². The van der Waals surface area contributed by atoms with Gasteiger partial charge < -0.3 is 10.1 Å². The quantitative estimate of drug-likeness (QED) is 0.877. The highest BCUT2D eigenvalue weighted by Gasteiger charge is 2.10. The smallest absolute Gasteiger partial charge is 0.413 e. The minimum absolute atomic E-state index is 0.0166. The number of benzene rings is 1. The number of amides is 2. The van der Waals surface area contributed by atoms with Crippen molar-refractivity contribution in [3.05, 3.63) is 34.9 Å². The first-order valence-electron chi connectivity index (χ1n) is 5.39. The summed E-state index contributed by atoms with van der Waals surface area (Å²) >= 11 is 5.87. The molecule has 0 aliphatic carbocycles. The maximum atomic E-state index is 11.3. The average molecular weight is 271 g/mol. The fraction of sp³-hybridized carbons (Fsp3) is 0.333. The van der Waals surface area contributed by atoms with Crippen molar-refractivity contribution >= 4 is 23.6 Å². The summed E-state index contributed by atoms with van der Waals surface area (Å²) in [6.07, 6.45) is -0.766. The summed E-state index contributed by atoms with van der Waals surface area (Å²) in [7, 11) is 1.20. The Balaban J connectivity index is 2.44. The van der Waals surface area contributed by atoms with E-state index in [0.717, 1.165) is 5.56 Å². The first-order chi connectivity index (χ1) is 8.52. The van der Waals surface area contributed by atoms with Gasteiger partial charge in [0.05, 0.1) is 13.7 Å². The molecular weight excluding hydrogens is 256 g/mol. The number of hydrogen-bond donors (Lipinski definition) is 2. The Bertz CT molecular complexity index is 437. The molecule has 2 amide bonds. The normalized spacial score (nSPS) is 11.7. The third-order valence-corrected chi connectivity index (χ3v) is 2.58. The number of halogens is 1. The van der Waals surface area contributed by atoms with Crippen LogP contribution in [0.15, 0.2) is 24.3 Å². The van der Waals surface area contributed by atoms with Crippen LogP contribution in [0.25, 0.3) is 0 Å². The third-order valence-electron chi connectivity index (χ3n) is 2.34. The van der Waals surface area contributed by atoms with Gasteiger partial charge in [-0.15, -0.1) is 0 Å². The van der Waals surface area contributed by atoms with Crippen molar-refractivity contribution in [2.24, 2.45) is 0 Å². The van der Waals surface area contributed by atoms with E-state index < -0.39 is 12.0 Å². The van der Waals surface area contributed by atoms with Gasteiger partial charge in [-0.25, -0.2) is 4.79 Å². The van der Waals surface area contributed by atoms with Crippen LogP contribution in [0.2, 0.25) is 5.02 Å². The summed E-state index contributed by atoms with van der Waals surface area (Å²) in [6, 6.07) is 7.29. The van der Waals surface area contributed by atoms with Crippen molar-refractivity contribution in [3.63, 3.8) is 0 Å². The zero-order valence-corrected chi connectivity index (χ0v) is 11.0. The Kier molecular flexibility index (Phi) is 5.61. The fourth-order valence-electron chi connectivity index (χ4n) is 1.35. The average Bonchev–Trinajstić information content (AvgIpc) is 2.35. The molecule has 6 heteroatoms. The Morgan fingerprint density at radius 3 is 2.78 bits per heavy atom. The first kappa shape index (κ1) is 14.5. The predicted octanol–water partition coefficient (Wildman–Crippen LogP) is 1.87. The van der Waals surface area contributed by atoms with Crippen LogP contribution in [0.1, 0.15) is 18.5 Å². The van der Waals surface area contributed by atoms with Crippen LogP contribution in [0.4, 0.5) is 4.79 Å². The van der Waals surface area contributed by atoms with Crippen molar-refractivity contribution in [2.45, 2.75) is 13.0 Å². The van der Waals surface area contributed by atoms with Crippen LogP contribution >= 0.6 is 11.6 Å². The molecule has 98 valence electrons. The van der Waals surface area contributed by atoms with E-state index in [4.69, 9.17) is 11.6 Å². The molecule has 0 saturated heterocycles. The van der Waals surface area contributed by atoms with Gasteiger partial charge in [0.25, 0.3) is 0 Å². The number of alkyl carbamates (subject to hydrolysis) is 1. The topological polar surface area (TPSA) is 67.4 Å². The number of carbonyl (C=O) groups excluding carboxylic acids is 2. The molecule has 2 N–H and O–H groups in total. The number of imide groups is 1. The molecule has 0 aromatic heterocycles. The summed E-state index contributed by atoms with van der Waals surface area (Å²) < 4.78 is 4.31. The second-order valence-electron chi connectivity index (χ2n) is 3.70. The lowest BCUT2D eigenvalue weighted by atomic mass is 10.1. The highest BCUT2D eigenvalue weighted by atomic mass is 35.5. The van der Waals surface area contributed by atoms with Crippen LogP contribution in [0.3, 0.4) is 0 Å². The second kappa shape index (κ2) is 6.98. The van der Waals surface area contributed by atoms with Crippen LogP contribution in [0.5, 0.6) is 0 Å². The minimum Gasteiger partial charge on any atom is -0.453 e. The second-order valence-corrected chi connectivity index (χ2v) is 4.13. The molecule has 0 saturated carbocycles. The standard InChI is InChI=1S/C12H15ClN2O3/c1-8(9-4-3-5-10(13)6-9)14-7-11(16)15-12(17)18-2/h3-6,8,14H,7H2,1-2H3,(H,15,16,17)/t8-/m0/s1. The summed E-state index contributed by atoms with van der Waals surface area (Å²) in [5, 5.41) is 5.68. The van der Waals surface area contributed by atoms with Crippen LogP contribution in [0, 0.1) is 0 Å². The Morgan fingerprint density at radius 1 is 1.44 bits per heavy atom. The number of ether oxygens (including phenoxy) is 1. The SMILES string of the molecule is COC(=O)NC(=O)CN[C@@H](C)c1cccc(Cl)c1. The monoisotopic (exact) mass is 270 g/mol. The molecule has 1 aromatic rings. The van der Waals surface area contributed by atoms with Crippen LogP contribution in [-0.2, 0) is 9.53 Å². The Morgan fingerprint density at radius 2 is 2.17 bits per heavy atom. The van der Waals surface area contributed by atoms with Crippen molar-refractivity contribution in [3.8, 4) is 0 Å². The largest absolute Gasteiger partial charge is 0.453 e. The van der Waals surface area contributed by atoms with E-state index in [9.17, 15) is 9.59 Å². The van der Waals surface area contributed by atoms with E-state index in [1.807, 2.05) is 25.1 Å². The number of nitrogens with one attached hydrogen (secondary N) is 2. The molecule has 0 aliphatic heterocycles. The summed E-state index contributed by atoms with van der Waals surface area (Å²) in [5.74, 6) is -0.448. The van der Waals surface area contributed by atoms with Crippen molar-refractivity contribution < 1.29 is 14.3 Å². The highest BCUT2D eigenvalue weighted by molar-refractivity contribution is 6.30. The van der Waals surface area contributed by atoms with E-state index in [0.29, 0.717) is 5.02 Å². The molecule has 1 rings (SSSR count). The van der Waals surface area contributed by atoms with E-state index in [2.05, 4.69) is 15.4 Å². The van der Waals surface area contributed by atoms with E-state index in [-0.39, 0.29) is 12.6 Å². The lowest BCUT2D eigenvalue weighted by molar-refractivity contribution is -0.119. The van der Waals surface area contributed by atoms with E-state index in [1.54, 1.807) is 6.07 Å². The highest BCUT2D eigenvalue weighted by Crippen LogP contribution is 2.16. The molecule has 0 spiro atoms. The van der Waals surface area contributed by atoms with Crippen molar-refractivity contribution in [1.29, 1.82) is 0 Å². The predicted molar refractivity (Wildman–Crippen MR) is 68.4 cm³/mol. The zero-order valence-electron chi connectivity index (χ0n) is 10.2. The van der Waals surface area contributed by atoms with E-state index in [1.165, 1.54) is 7.11 Å². The number of methoxy groups -OCH3 is 1. The van der Waals surface area contributed by atoms with Gasteiger partial charge in [-0.2, -0.15) is 0 Å². The summed E-state index contributed by atoms with van der Waals surface area (Å²) in [6.45, 7) is 1.92. The van der Waals surface area contributed by atoms with E-state index >= 15 is 0 Å². The maximum Gasteiger partial charge on any atom is 0.413 e. The van der Waals surface area contributed by atoms with Crippen LogP contribution < -0.4 is 10.6 Å². The lowest BCUT2D eigenvalue weighted by Crippen LogP contribution is -2.38. The summed E-state index contributed by atoms with van der Waals surface area (Å²) in [4.78, 5) is 22.1. The summed E-state index contributed by atoms with van der Waals surface area (Å²) in [5.41, 5.74) is 0.966. The Labute approximate surface area is 110 Å². The lowest BCUT2D eigenvalue weighted by Gasteiger charge is -2.13. The molecular formula is C12H15ClN2O3. The van der Waals surface area contributed by atoms with Gasteiger partial charge in [-0.05, 0) is 24.6 Å². The Hall–Kier alpha value is -1.59. The minimum atomic E-state index is -0.766. The van der Waals surface area contributed by atoms with Gasteiger partial charge in [-0.1, -0.05) is 23.7 Å². The first-order valence-corrected chi connectivity index (χ1v) is 5.77. The molecule has 0 fully saturated rings. The molecule has 1 atom stereocenters. The third kappa shape index (κ3) is 4.73. The molecule has 0 aliphatic rings. The fourth-order valence-corrected chi connectivity index (χ4v) is 1.55. The number of carbonyl (C=O) groups is 2.